The number of rotatable bonds is 8. The molecule has 1 aliphatic rings. The third kappa shape index (κ3) is 6.42. The summed E-state index contributed by atoms with van der Waals surface area (Å²) in [6.07, 6.45) is 5.54. The van der Waals surface area contributed by atoms with E-state index in [4.69, 9.17) is 4.74 Å². The SMILES string of the molecule is C\C=C/N=C1\C(=NCCCOC)NC=C(c2ccc(C(F)(F)F)cc2)\C1=C/CCC. The molecule has 1 aliphatic heterocycles. The third-order valence-electron chi connectivity index (χ3n) is 4.41. The Morgan fingerprint density at radius 2 is 1.90 bits per heavy atom. The Labute approximate surface area is 176 Å². The van der Waals surface area contributed by atoms with Gasteiger partial charge in [0.15, 0.2) is 5.84 Å². The zero-order valence-corrected chi connectivity index (χ0v) is 17.6. The van der Waals surface area contributed by atoms with E-state index in [1.54, 1.807) is 19.5 Å². The van der Waals surface area contributed by atoms with Gasteiger partial charge in [0.1, 0.15) is 5.71 Å². The lowest BCUT2D eigenvalue weighted by Crippen LogP contribution is -2.34. The van der Waals surface area contributed by atoms with Crippen molar-refractivity contribution in [3.63, 3.8) is 0 Å². The van der Waals surface area contributed by atoms with Crippen LogP contribution in [-0.4, -0.2) is 31.8 Å². The molecule has 2 rings (SSSR count). The van der Waals surface area contributed by atoms with Crippen LogP contribution in [0.2, 0.25) is 0 Å². The molecule has 1 aromatic carbocycles. The maximum absolute atomic E-state index is 12.9. The van der Waals surface area contributed by atoms with Gasteiger partial charge >= 0.3 is 6.18 Å². The van der Waals surface area contributed by atoms with E-state index in [-0.39, 0.29) is 0 Å². The Morgan fingerprint density at radius 3 is 2.50 bits per heavy atom. The minimum Gasteiger partial charge on any atom is -0.385 e. The molecule has 0 spiro atoms. The molecular formula is C23H28F3N3O. The van der Waals surface area contributed by atoms with Crippen molar-refractivity contribution >= 4 is 17.1 Å². The zero-order chi connectivity index (χ0) is 22.0. The van der Waals surface area contributed by atoms with Crippen LogP contribution in [0.5, 0.6) is 0 Å². The van der Waals surface area contributed by atoms with E-state index in [0.29, 0.717) is 30.3 Å². The summed E-state index contributed by atoms with van der Waals surface area (Å²) in [5.41, 5.74) is 2.34. The maximum Gasteiger partial charge on any atom is 0.416 e. The average Bonchev–Trinajstić information content (AvgIpc) is 2.73. The molecule has 1 heterocycles. The number of methoxy groups -OCH3 is 1. The molecule has 0 radical (unpaired) electrons. The standard InChI is InChI=1S/C23H28F3N3O/c1-4-6-8-19-20(17-9-11-18(12-10-17)23(24,25)26)16-29-22(21(19)27-13-5-2)28-14-7-15-30-3/h5,8-13,16H,4,6-7,14-15H2,1-3H3,(H,28,29)/b13-5-,19-8+,27-21-. The fourth-order valence-electron chi connectivity index (χ4n) is 2.91. The Kier molecular flexibility index (Phi) is 9.05. The van der Waals surface area contributed by atoms with Gasteiger partial charge < -0.3 is 10.1 Å². The number of amidine groups is 1. The lowest BCUT2D eigenvalue weighted by molar-refractivity contribution is -0.137. The second kappa shape index (κ2) is 11.5. The molecule has 162 valence electrons. The normalized spacial score (nSPS) is 19.0. The number of nitrogens with zero attached hydrogens (tertiary/aromatic N) is 2. The van der Waals surface area contributed by atoms with Gasteiger partial charge in [0.05, 0.1) is 5.56 Å². The van der Waals surface area contributed by atoms with Gasteiger partial charge in [-0.3, -0.25) is 9.98 Å². The molecule has 0 atom stereocenters. The smallest absolute Gasteiger partial charge is 0.385 e. The highest BCUT2D eigenvalue weighted by atomic mass is 19.4. The summed E-state index contributed by atoms with van der Waals surface area (Å²) < 4.78 is 43.9. The Morgan fingerprint density at radius 1 is 1.17 bits per heavy atom. The summed E-state index contributed by atoms with van der Waals surface area (Å²) in [5.74, 6) is 0.641. The van der Waals surface area contributed by atoms with E-state index in [1.807, 2.05) is 13.0 Å². The van der Waals surface area contributed by atoms with E-state index in [2.05, 4.69) is 28.3 Å². The van der Waals surface area contributed by atoms with Crippen LogP contribution in [0.3, 0.4) is 0 Å². The lowest BCUT2D eigenvalue weighted by atomic mass is 9.90. The average molecular weight is 419 g/mol. The first-order chi connectivity index (χ1) is 14.4. The first-order valence-electron chi connectivity index (χ1n) is 10.00. The summed E-state index contributed by atoms with van der Waals surface area (Å²) in [6, 6.07) is 5.18. The molecule has 0 fully saturated rings. The van der Waals surface area contributed by atoms with Gasteiger partial charge in [-0.15, -0.1) is 0 Å². The highest BCUT2D eigenvalue weighted by Crippen LogP contribution is 2.32. The summed E-state index contributed by atoms with van der Waals surface area (Å²) in [7, 11) is 1.65. The number of nitrogens with one attached hydrogen (secondary N) is 1. The highest BCUT2D eigenvalue weighted by molar-refractivity contribution is 6.52. The minimum absolute atomic E-state index is 0.579. The van der Waals surface area contributed by atoms with Crippen molar-refractivity contribution in [3.8, 4) is 0 Å². The lowest BCUT2D eigenvalue weighted by Gasteiger charge is -2.23. The molecule has 0 aliphatic carbocycles. The summed E-state index contributed by atoms with van der Waals surface area (Å²) >= 11 is 0. The summed E-state index contributed by atoms with van der Waals surface area (Å²) in [6.45, 7) is 5.14. The second-order valence-electron chi connectivity index (χ2n) is 6.72. The molecule has 0 bridgehead atoms. The number of hydrogen-bond acceptors (Lipinski definition) is 3. The van der Waals surface area contributed by atoms with Gasteiger partial charge in [-0.1, -0.05) is 37.6 Å². The molecule has 0 amide bonds. The third-order valence-corrected chi connectivity index (χ3v) is 4.41. The first-order valence-corrected chi connectivity index (χ1v) is 10.00. The van der Waals surface area contributed by atoms with Crippen molar-refractivity contribution in [2.75, 3.05) is 20.3 Å². The number of ether oxygens (including phenoxy) is 1. The summed E-state index contributed by atoms with van der Waals surface area (Å²) in [5, 5.41) is 3.17. The fraction of sp³-hybridized carbons (Fsp3) is 0.391. The number of benzene rings is 1. The number of aliphatic imine (C=N–C) groups is 2. The van der Waals surface area contributed by atoms with E-state index in [1.165, 1.54) is 12.1 Å². The summed E-state index contributed by atoms with van der Waals surface area (Å²) in [4.78, 5) is 9.19. The fourth-order valence-corrected chi connectivity index (χ4v) is 2.91. The van der Waals surface area contributed by atoms with E-state index >= 15 is 0 Å². The molecular weight excluding hydrogens is 391 g/mol. The van der Waals surface area contributed by atoms with E-state index < -0.39 is 11.7 Å². The molecule has 7 heteroatoms. The Balaban J connectivity index is 2.47. The van der Waals surface area contributed by atoms with Crippen LogP contribution in [-0.2, 0) is 10.9 Å². The first kappa shape index (κ1) is 23.6. The number of halogens is 3. The monoisotopic (exact) mass is 419 g/mol. The van der Waals surface area contributed by atoms with Gasteiger partial charge in [-0.05, 0) is 37.5 Å². The van der Waals surface area contributed by atoms with Crippen molar-refractivity contribution < 1.29 is 17.9 Å². The predicted octanol–water partition coefficient (Wildman–Crippen LogP) is 5.79. The molecule has 0 saturated carbocycles. The van der Waals surface area contributed by atoms with Crippen LogP contribution < -0.4 is 5.32 Å². The highest BCUT2D eigenvalue weighted by Gasteiger charge is 2.30. The van der Waals surface area contributed by atoms with Crippen LogP contribution in [0, 0.1) is 0 Å². The topological polar surface area (TPSA) is 46.0 Å². The number of allylic oxidation sites excluding steroid dienone is 3. The van der Waals surface area contributed by atoms with Crippen LogP contribution in [0.1, 0.15) is 44.2 Å². The molecule has 0 unspecified atom stereocenters. The van der Waals surface area contributed by atoms with Crippen LogP contribution in [0.15, 0.2) is 64.4 Å². The van der Waals surface area contributed by atoms with Crippen molar-refractivity contribution in [3.05, 3.63) is 65.5 Å². The minimum atomic E-state index is -4.36. The van der Waals surface area contributed by atoms with Gasteiger partial charge in [-0.25, -0.2) is 0 Å². The predicted molar refractivity (Wildman–Crippen MR) is 117 cm³/mol. The largest absolute Gasteiger partial charge is 0.416 e. The van der Waals surface area contributed by atoms with Crippen LogP contribution in [0.4, 0.5) is 13.2 Å². The Hall–Kier alpha value is -2.67. The molecule has 0 aromatic heterocycles. The number of alkyl halides is 3. The van der Waals surface area contributed by atoms with Crippen LogP contribution in [0.25, 0.3) is 5.57 Å². The Bertz CT molecular complexity index is 847. The molecule has 0 saturated heterocycles. The maximum atomic E-state index is 12.9. The number of unbranched alkanes of at least 4 members (excludes halogenated alkanes) is 1. The van der Waals surface area contributed by atoms with Gasteiger partial charge in [0.2, 0.25) is 0 Å². The second-order valence-corrected chi connectivity index (χ2v) is 6.72. The molecule has 1 aromatic rings. The van der Waals surface area contributed by atoms with Crippen molar-refractivity contribution in [1.29, 1.82) is 0 Å². The van der Waals surface area contributed by atoms with Crippen LogP contribution >= 0.6 is 0 Å². The van der Waals surface area contributed by atoms with Crippen molar-refractivity contribution in [1.82, 2.24) is 5.32 Å². The van der Waals surface area contributed by atoms with Gasteiger partial charge in [0.25, 0.3) is 0 Å². The zero-order valence-electron chi connectivity index (χ0n) is 17.6. The van der Waals surface area contributed by atoms with Gasteiger partial charge in [0, 0.05) is 43.8 Å². The van der Waals surface area contributed by atoms with E-state index in [9.17, 15) is 13.2 Å². The number of hydrogen-bond donors (Lipinski definition) is 1. The van der Waals surface area contributed by atoms with Crippen molar-refractivity contribution in [2.45, 2.75) is 39.3 Å². The molecule has 4 nitrogen and oxygen atoms in total. The van der Waals surface area contributed by atoms with E-state index in [0.717, 1.165) is 42.5 Å². The molecule has 1 N–H and O–H groups in total. The van der Waals surface area contributed by atoms with Crippen molar-refractivity contribution in [2.24, 2.45) is 9.98 Å². The quantitative estimate of drug-likeness (QED) is 0.543. The van der Waals surface area contributed by atoms with Gasteiger partial charge in [-0.2, -0.15) is 13.2 Å². The molecule has 30 heavy (non-hydrogen) atoms.